The van der Waals surface area contributed by atoms with Crippen molar-refractivity contribution in [2.45, 2.75) is 12.8 Å². The van der Waals surface area contributed by atoms with E-state index in [1.165, 1.54) is 24.3 Å². The van der Waals surface area contributed by atoms with Crippen molar-refractivity contribution in [1.29, 1.82) is 5.41 Å². The maximum absolute atomic E-state index is 7.00. The molecule has 1 fully saturated rings. The van der Waals surface area contributed by atoms with Gasteiger partial charge < -0.3 is 0 Å². The summed E-state index contributed by atoms with van der Waals surface area (Å²) in [6, 6.07) is 12.2. The number of nitrogens with zero attached hydrogens (tertiary/aromatic N) is 1. The van der Waals surface area contributed by atoms with Gasteiger partial charge in [0, 0.05) is 16.5 Å². The zero-order valence-corrected chi connectivity index (χ0v) is 9.96. The van der Waals surface area contributed by atoms with Gasteiger partial charge >= 0.3 is 0 Å². The van der Waals surface area contributed by atoms with Crippen molar-refractivity contribution < 1.29 is 0 Å². The highest BCUT2D eigenvalue weighted by molar-refractivity contribution is 8.00. The van der Waals surface area contributed by atoms with Gasteiger partial charge in [-0.25, -0.2) is 5.41 Å². The second-order valence-electron chi connectivity index (χ2n) is 3.75. The highest BCUT2D eigenvalue weighted by atomic mass is 32.2. The molecule has 1 aliphatic rings. The molecule has 0 spiro atoms. The van der Waals surface area contributed by atoms with Crippen LogP contribution >= 0.6 is 0 Å². The minimum Gasteiger partial charge on any atom is -0.241 e. The lowest BCUT2D eigenvalue weighted by Gasteiger charge is -1.99. The van der Waals surface area contributed by atoms with Crippen molar-refractivity contribution in [3.05, 3.63) is 41.3 Å². The molecule has 0 saturated carbocycles. The first-order valence-electron chi connectivity index (χ1n) is 5.46. The van der Waals surface area contributed by atoms with Gasteiger partial charge in [-0.05, 0) is 12.8 Å². The van der Waals surface area contributed by atoms with Gasteiger partial charge in [-0.2, -0.15) is 4.99 Å². The number of hydrogen-bond donors (Lipinski definition) is 1. The number of hydrogen-bond acceptors (Lipinski definition) is 2. The third kappa shape index (κ3) is 2.84. The Hall–Kier alpha value is -1.31. The van der Waals surface area contributed by atoms with Crippen molar-refractivity contribution in [3.63, 3.8) is 0 Å². The molecule has 2 nitrogen and oxygen atoms in total. The first-order chi connectivity index (χ1) is 7.90. The van der Waals surface area contributed by atoms with Gasteiger partial charge in [-0.15, -0.1) is 0 Å². The smallest absolute Gasteiger partial charge is 0.146 e. The second kappa shape index (κ2) is 5.69. The zero-order valence-electron chi connectivity index (χ0n) is 9.15. The first kappa shape index (κ1) is 11.2. The third-order valence-electron chi connectivity index (χ3n) is 2.59. The number of aliphatic imine (C=N–C) groups is 1. The van der Waals surface area contributed by atoms with E-state index in [0.717, 1.165) is 11.3 Å². The van der Waals surface area contributed by atoms with Crippen molar-refractivity contribution in [1.82, 2.24) is 0 Å². The fourth-order valence-corrected chi connectivity index (χ4v) is 3.87. The molecule has 0 bridgehead atoms. The molecule has 1 N–H and O–H groups in total. The normalized spacial score (nSPS) is 17.1. The summed E-state index contributed by atoms with van der Waals surface area (Å²) in [7, 11) is 0.362. The SMILES string of the molecule is N=C=N/C(=C\[S+]1CCCC1)c1ccccc1. The molecule has 1 aliphatic heterocycles. The Kier molecular flexibility index (Phi) is 3.97. The zero-order chi connectivity index (χ0) is 11.2. The summed E-state index contributed by atoms with van der Waals surface area (Å²) in [4.78, 5) is 4.04. The summed E-state index contributed by atoms with van der Waals surface area (Å²) in [5, 5.41) is 9.23. The van der Waals surface area contributed by atoms with E-state index in [9.17, 15) is 0 Å². The Morgan fingerprint density at radius 1 is 1.25 bits per heavy atom. The molecule has 2 rings (SSSR count). The van der Waals surface area contributed by atoms with Crippen LogP contribution in [0.5, 0.6) is 0 Å². The Labute approximate surface area is 99.0 Å². The highest BCUT2D eigenvalue weighted by Crippen LogP contribution is 2.22. The van der Waals surface area contributed by atoms with Crippen LogP contribution in [0.15, 0.2) is 40.7 Å². The van der Waals surface area contributed by atoms with Crippen LogP contribution in [0.1, 0.15) is 18.4 Å². The van der Waals surface area contributed by atoms with E-state index in [2.05, 4.69) is 16.4 Å². The largest absolute Gasteiger partial charge is 0.241 e. The van der Waals surface area contributed by atoms with Crippen LogP contribution in [0.4, 0.5) is 0 Å². The van der Waals surface area contributed by atoms with E-state index in [-0.39, 0.29) is 0 Å². The number of rotatable bonds is 3. The average molecular weight is 231 g/mol. The van der Waals surface area contributed by atoms with Crippen molar-refractivity contribution >= 4 is 22.6 Å². The molecule has 16 heavy (non-hydrogen) atoms. The van der Waals surface area contributed by atoms with Crippen LogP contribution in [-0.4, -0.2) is 17.5 Å². The lowest BCUT2D eigenvalue weighted by Crippen LogP contribution is -1.99. The average Bonchev–Trinajstić information content (AvgIpc) is 2.83. The molecule has 1 aromatic rings. The van der Waals surface area contributed by atoms with E-state index in [1.54, 1.807) is 0 Å². The number of nitrogens with one attached hydrogen (secondary N) is 1. The van der Waals surface area contributed by atoms with Gasteiger partial charge in [0.1, 0.15) is 22.6 Å². The maximum atomic E-state index is 7.00. The van der Waals surface area contributed by atoms with Crippen molar-refractivity contribution in [2.75, 3.05) is 11.5 Å². The van der Waals surface area contributed by atoms with Gasteiger partial charge in [0.25, 0.3) is 0 Å². The van der Waals surface area contributed by atoms with E-state index in [4.69, 9.17) is 5.41 Å². The summed E-state index contributed by atoms with van der Waals surface area (Å²) < 4.78 is 0. The van der Waals surface area contributed by atoms with Gasteiger partial charge in [-0.1, -0.05) is 30.3 Å². The summed E-state index contributed by atoms with van der Waals surface area (Å²) in [5.41, 5.74) is 1.99. The molecule has 1 aromatic carbocycles. The quantitative estimate of drug-likeness (QED) is 0.613. The van der Waals surface area contributed by atoms with Crippen LogP contribution in [0, 0.1) is 5.41 Å². The van der Waals surface area contributed by atoms with Crippen LogP contribution in [0.2, 0.25) is 0 Å². The monoisotopic (exact) mass is 231 g/mol. The Morgan fingerprint density at radius 3 is 2.56 bits per heavy atom. The van der Waals surface area contributed by atoms with Crippen LogP contribution in [-0.2, 0) is 10.9 Å². The molecular weight excluding hydrogens is 216 g/mol. The van der Waals surface area contributed by atoms with E-state index < -0.39 is 0 Å². The topological polar surface area (TPSA) is 36.2 Å². The minimum absolute atomic E-state index is 0.362. The first-order valence-corrected chi connectivity index (χ1v) is 7.09. The molecule has 82 valence electrons. The fourth-order valence-electron chi connectivity index (χ4n) is 1.78. The molecule has 0 aliphatic carbocycles. The van der Waals surface area contributed by atoms with Gasteiger partial charge in [-0.3, -0.25) is 0 Å². The van der Waals surface area contributed by atoms with Crippen LogP contribution in [0.25, 0.3) is 5.70 Å². The molecule has 1 saturated heterocycles. The van der Waals surface area contributed by atoms with E-state index in [0.29, 0.717) is 10.9 Å². The predicted molar refractivity (Wildman–Crippen MR) is 70.9 cm³/mol. The van der Waals surface area contributed by atoms with Crippen molar-refractivity contribution in [3.8, 4) is 0 Å². The van der Waals surface area contributed by atoms with E-state index in [1.807, 2.05) is 30.3 Å². The third-order valence-corrected chi connectivity index (χ3v) is 4.77. The number of benzene rings is 1. The summed E-state index contributed by atoms with van der Waals surface area (Å²) in [5.74, 6) is 2.56. The standard InChI is InChI=1S/C13H15N2S/c14-11-15-13(10-16-8-4-5-9-16)12-6-2-1-3-7-12/h1-3,6-7,10,14H,4-5,8-9H2/q+1/b13-10-. The molecular formula is C13H15N2S+. The Balaban J connectivity index is 2.26. The maximum Gasteiger partial charge on any atom is 0.146 e. The van der Waals surface area contributed by atoms with Gasteiger partial charge in [0.05, 0.1) is 6.01 Å². The summed E-state index contributed by atoms with van der Waals surface area (Å²) in [6.07, 6.45) is 2.66. The molecule has 0 aromatic heterocycles. The summed E-state index contributed by atoms with van der Waals surface area (Å²) in [6.45, 7) is 0. The fraction of sp³-hybridized carbons (Fsp3) is 0.308. The molecule has 3 heteroatoms. The van der Waals surface area contributed by atoms with Crippen molar-refractivity contribution in [2.24, 2.45) is 4.99 Å². The van der Waals surface area contributed by atoms with Gasteiger partial charge in [0.15, 0.2) is 0 Å². The van der Waals surface area contributed by atoms with E-state index >= 15 is 0 Å². The van der Waals surface area contributed by atoms with Crippen LogP contribution in [0.3, 0.4) is 0 Å². The van der Waals surface area contributed by atoms with Gasteiger partial charge in [0.2, 0.25) is 0 Å². The Morgan fingerprint density at radius 2 is 1.94 bits per heavy atom. The second-order valence-corrected chi connectivity index (χ2v) is 5.87. The lowest BCUT2D eigenvalue weighted by atomic mass is 10.2. The predicted octanol–water partition coefficient (Wildman–Crippen LogP) is 3.15. The minimum atomic E-state index is 0.362. The molecule has 0 atom stereocenters. The molecule has 1 heterocycles. The Bertz CT molecular complexity index is 413. The molecule has 0 radical (unpaired) electrons. The molecule has 0 unspecified atom stereocenters. The van der Waals surface area contributed by atoms with Crippen LogP contribution < -0.4 is 0 Å². The molecule has 0 amide bonds. The summed E-state index contributed by atoms with van der Waals surface area (Å²) >= 11 is 0. The lowest BCUT2D eigenvalue weighted by molar-refractivity contribution is 0.949. The highest BCUT2D eigenvalue weighted by Gasteiger charge is 2.22.